The van der Waals surface area contributed by atoms with E-state index in [0.717, 1.165) is 11.7 Å². The van der Waals surface area contributed by atoms with E-state index >= 15 is 0 Å². The highest BCUT2D eigenvalue weighted by atomic mass is 32.1. The minimum Gasteiger partial charge on any atom is -0.591 e. The molecule has 0 radical (unpaired) electrons. The number of carbonyl (C=O) groups is 1. The largest absolute Gasteiger partial charge is 0.591 e. The predicted octanol–water partition coefficient (Wildman–Crippen LogP) is 2.08. The first-order valence-electron chi connectivity index (χ1n) is 4.65. The number of hydrogen-bond acceptors (Lipinski definition) is 4. The summed E-state index contributed by atoms with van der Waals surface area (Å²) in [5, 5.41) is 0. The lowest BCUT2D eigenvalue weighted by Crippen LogP contribution is -2.21. The Morgan fingerprint density at radius 3 is 1.93 bits per heavy atom. The maximum Gasteiger partial charge on any atom is 0.114 e. The van der Waals surface area contributed by atoms with Gasteiger partial charge in [-0.1, -0.05) is 26.3 Å². The molecule has 14 heavy (non-hydrogen) atoms. The molecule has 86 valence electrons. The quantitative estimate of drug-likeness (QED) is 0.389. The van der Waals surface area contributed by atoms with Crippen LogP contribution in [0.25, 0.3) is 5.43 Å². The van der Waals surface area contributed by atoms with Gasteiger partial charge in [-0.2, -0.15) is 25.3 Å². The van der Waals surface area contributed by atoms with Crippen LogP contribution in [0.2, 0.25) is 0 Å². The van der Waals surface area contributed by atoms with Crippen LogP contribution in [-0.2, 0) is 4.79 Å². The average molecular weight is 237 g/mol. The Balaban J connectivity index is 0. The van der Waals surface area contributed by atoms with Gasteiger partial charge in [0.05, 0.1) is 0 Å². The second-order valence-electron chi connectivity index (χ2n) is 3.15. The van der Waals surface area contributed by atoms with E-state index in [1.54, 1.807) is 0 Å². The zero-order valence-corrected chi connectivity index (χ0v) is 10.9. The van der Waals surface area contributed by atoms with Crippen LogP contribution in [-0.4, -0.2) is 23.3 Å². The molecule has 0 spiro atoms. The normalized spacial score (nSPS) is 13.9. The second-order valence-corrected chi connectivity index (χ2v) is 3.88. The Bertz CT molecular complexity index is 137. The molecule has 3 nitrogen and oxygen atoms in total. The first-order valence-corrected chi connectivity index (χ1v) is 5.92. The number of thiol groups is 2. The Morgan fingerprint density at radius 1 is 1.43 bits per heavy atom. The van der Waals surface area contributed by atoms with Crippen molar-refractivity contribution in [3.05, 3.63) is 5.43 Å². The highest BCUT2D eigenvalue weighted by Gasteiger charge is 1.97. The smallest absolute Gasteiger partial charge is 0.114 e. The number of carbonyl (C=O) groups excluding carboxylic acids is 1. The highest BCUT2D eigenvalue weighted by Crippen LogP contribution is 2.00. The molecule has 0 aliphatic heterocycles. The molecule has 1 unspecified atom stereocenters. The molecule has 0 aliphatic rings. The number of ketones is 1. The minimum atomic E-state index is -0.418. The van der Waals surface area contributed by atoms with E-state index in [0.29, 0.717) is 5.75 Å². The van der Waals surface area contributed by atoms with Crippen molar-refractivity contribution in [2.75, 3.05) is 11.5 Å². The van der Waals surface area contributed by atoms with Crippen LogP contribution in [0.4, 0.5) is 0 Å². The summed E-state index contributed by atoms with van der Waals surface area (Å²) in [6.45, 7) is 5.82. The zero-order chi connectivity index (χ0) is 11.6. The summed E-state index contributed by atoms with van der Waals surface area (Å²) in [5.74, 6) is 7.02. The molecule has 2 atom stereocenters. The molecule has 5 heteroatoms. The van der Waals surface area contributed by atoms with Gasteiger partial charge in [-0.25, -0.2) is 0 Å². The number of hydrogen-bond donors (Lipinski definition) is 3. The van der Waals surface area contributed by atoms with Crippen LogP contribution >= 0.6 is 25.3 Å². The Kier molecular flexibility index (Phi) is 13.6. The predicted molar refractivity (Wildman–Crippen MR) is 69.2 cm³/mol. The molecule has 0 fully saturated rings. The standard InChI is InChI=1S/C5H12S.C4H9N2OS/c1-3-5(2)4-6;1-3(7)4(2-8)6-5/h5-6H,3-4H2,1-2H3;4,8H,2,5H2,1H3/q;-1/t;4-/m.0/s1. The van der Waals surface area contributed by atoms with Gasteiger partial charge in [0, 0.05) is 0 Å². The van der Waals surface area contributed by atoms with Gasteiger partial charge in [-0.05, 0) is 24.3 Å². The first kappa shape index (κ1) is 16.7. The fourth-order valence-electron chi connectivity index (χ4n) is 0.410. The lowest BCUT2D eigenvalue weighted by atomic mass is 10.2. The number of rotatable bonds is 5. The van der Waals surface area contributed by atoms with Crippen molar-refractivity contribution >= 4 is 31.0 Å². The van der Waals surface area contributed by atoms with Gasteiger partial charge in [-0.3, -0.25) is 0 Å². The summed E-state index contributed by atoms with van der Waals surface area (Å²) >= 11 is 7.94. The van der Waals surface area contributed by atoms with Crippen LogP contribution in [0.3, 0.4) is 0 Å². The molecule has 0 aromatic carbocycles. The number of nitrogens with zero attached hydrogens (tertiary/aromatic N) is 1. The van der Waals surface area contributed by atoms with E-state index in [1.165, 1.54) is 13.3 Å². The van der Waals surface area contributed by atoms with E-state index in [1.807, 2.05) is 0 Å². The molecule has 0 rings (SSSR count). The summed E-state index contributed by atoms with van der Waals surface area (Å²) in [7, 11) is 0. The molecule has 0 saturated heterocycles. The van der Waals surface area contributed by atoms with Gasteiger partial charge in [0.15, 0.2) is 0 Å². The molecule has 0 aromatic heterocycles. The Hall–Kier alpha value is 0.290. The topological polar surface area (TPSA) is 57.2 Å². The summed E-state index contributed by atoms with van der Waals surface area (Å²) in [6, 6.07) is -0.418. The number of Topliss-reactive ketones (excluding diaryl/α,β-unsaturated/α-hetero) is 1. The molecule has 0 aliphatic carbocycles. The summed E-state index contributed by atoms with van der Waals surface area (Å²) in [6.07, 6.45) is 1.25. The van der Waals surface area contributed by atoms with Crippen LogP contribution in [0.5, 0.6) is 0 Å². The van der Waals surface area contributed by atoms with E-state index < -0.39 is 6.04 Å². The van der Waals surface area contributed by atoms with Crippen LogP contribution in [0.1, 0.15) is 27.2 Å². The first-order chi connectivity index (χ1) is 6.53. The summed E-state index contributed by atoms with van der Waals surface area (Å²) < 4.78 is 0. The van der Waals surface area contributed by atoms with E-state index in [9.17, 15) is 4.79 Å². The van der Waals surface area contributed by atoms with Gasteiger partial charge in [0.25, 0.3) is 0 Å². The van der Waals surface area contributed by atoms with Crippen molar-refractivity contribution in [2.24, 2.45) is 11.8 Å². The fourth-order valence-corrected chi connectivity index (χ4v) is 1.02. The van der Waals surface area contributed by atoms with Gasteiger partial charge in [-0.15, -0.1) is 0 Å². The molecule has 0 bridgehead atoms. The summed E-state index contributed by atoms with van der Waals surface area (Å²) in [5.41, 5.74) is 3.28. The Labute approximate surface area is 98.0 Å². The van der Waals surface area contributed by atoms with Crippen molar-refractivity contribution < 1.29 is 4.79 Å². The van der Waals surface area contributed by atoms with Crippen molar-refractivity contribution in [3.63, 3.8) is 0 Å². The monoisotopic (exact) mass is 237 g/mol. The molecule has 0 saturated carbocycles. The molecule has 0 amide bonds. The van der Waals surface area contributed by atoms with Crippen molar-refractivity contribution in [3.8, 4) is 0 Å². The number of nitrogens with two attached hydrogens (primary N) is 1. The van der Waals surface area contributed by atoms with E-state index in [2.05, 4.69) is 44.5 Å². The molecule has 0 aromatic rings. The molecule has 2 N–H and O–H groups in total. The second kappa shape index (κ2) is 11.4. The van der Waals surface area contributed by atoms with E-state index in [4.69, 9.17) is 5.84 Å². The minimum absolute atomic E-state index is 0.0394. The fraction of sp³-hybridized carbons (Fsp3) is 0.889. The van der Waals surface area contributed by atoms with Gasteiger partial charge >= 0.3 is 0 Å². The van der Waals surface area contributed by atoms with Crippen LogP contribution in [0, 0.1) is 5.92 Å². The highest BCUT2D eigenvalue weighted by molar-refractivity contribution is 7.80. The SMILES string of the molecule is CC(=O)[C@H](CS)[N-]N.CCC(C)CS. The van der Waals surface area contributed by atoms with Gasteiger partial charge in [0.1, 0.15) is 5.78 Å². The van der Waals surface area contributed by atoms with Crippen molar-refractivity contribution in [2.45, 2.75) is 33.2 Å². The lowest BCUT2D eigenvalue weighted by Gasteiger charge is -2.21. The maximum atomic E-state index is 10.4. The van der Waals surface area contributed by atoms with Gasteiger partial charge < -0.3 is 16.1 Å². The summed E-state index contributed by atoms with van der Waals surface area (Å²) in [4.78, 5) is 10.4. The average Bonchev–Trinajstić information content (AvgIpc) is 2.19. The third-order valence-corrected chi connectivity index (χ3v) is 2.80. The third-order valence-electron chi connectivity index (χ3n) is 1.83. The zero-order valence-electron chi connectivity index (χ0n) is 9.10. The third kappa shape index (κ3) is 10.4. The molecule has 0 heterocycles. The van der Waals surface area contributed by atoms with Crippen molar-refractivity contribution in [1.29, 1.82) is 0 Å². The van der Waals surface area contributed by atoms with Crippen LogP contribution in [0.15, 0.2) is 0 Å². The van der Waals surface area contributed by atoms with Crippen LogP contribution < -0.4 is 5.84 Å². The maximum absolute atomic E-state index is 10.4. The molecular formula is C9H21N2OS2-. The van der Waals surface area contributed by atoms with E-state index in [-0.39, 0.29) is 5.78 Å². The molecular weight excluding hydrogens is 216 g/mol. The van der Waals surface area contributed by atoms with Crippen molar-refractivity contribution in [1.82, 2.24) is 0 Å². The Morgan fingerprint density at radius 2 is 1.93 bits per heavy atom. The lowest BCUT2D eigenvalue weighted by molar-refractivity contribution is -0.117. The van der Waals surface area contributed by atoms with Gasteiger partial charge in [0.2, 0.25) is 0 Å².